The van der Waals surface area contributed by atoms with Crippen molar-refractivity contribution in [2.24, 2.45) is 5.92 Å². The monoisotopic (exact) mass is 651 g/mol. The average Bonchev–Trinajstić information content (AvgIpc) is 3.07. The van der Waals surface area contributed by atoms with Crippen LogP contribution in [0.4, 0.5) is 23.7 Å². The van der Waals surface area contributed by atoms with Crippen LogP contribution in [-0.4, -0.2) is 55.7 Å². The summed E-state index contributed by atoms with van der Waals surface area (Å²) in [7, 11) is 0. The summed E-state index contributed by atoms with van der Waals surface area (Å²) >= 11 is 0. The van der Waals surface area contributed by atoms with Gasteiger partial charge in [0.1, 0.15) is 0 Å². The van der Waals surface area contributed by atoms with E-state index >= 15 is 0 Å². The molecule has 0 aliphatic carbocycles. The molecular weight excluding hydrogens is 603 g/mol. The molecular formula is C38H48F3N3O3. The smallest absolute Gasteiger partial charge is 0.416 e. The number of unbranched alkanes of at least 4 members (excludes halogenated alkanes) is 1. The van der Waals surface area contributed by atoms with E-state index in [4.69, 9.17) is 4.74 Å². The molecule has 0 aromatic heterocycles. The first-order valence-corrected chi connectivity index (χ1v) is 16.9. The van der Waals surface area contributed by atoms with Crippen molar-refractivity contribution < 1.29 is 27.5 Å². The molecule has 0 radical (unpaired) electrons. The molecule has 254 valence electrons. The Balaban J connectivity index is 1.29. The molecule has 3 aromatic carbocycles. The average molecular weight is 652 g/mol. The van der Waals surface area contributed by atoms with Crippen LogP contribution >= 0.6 is 0 Å². The first-order valence-electron chi connectivity index (χ1n) is 16.9. The third kappa shape index (κ3) is 9.83. The second-order valence-electron chi connectivity index (χ2n) is 12.7. The third-order valence-corrected chi connectivity index (χ3v) is 8.72. The van der Waals surface area contributed by atoms with E-state index < -0.39 is 11.7 Å². The minimum atomic E-state index is -4.41. The lowest BCUT2D eigenvalue weighted by atomic mass is 9.97. The van der Waals surface area contributed by atoms with Crippen molar-refractivity contribution in [2.45, 2.75) is 78.4 Å². The summed E-state index contributed by atoms with van der Waals surface area (Å²) in [6.07, 6.45) is 0.372. The molecule has 0 bridgehead atoms. The van der Waals surface area contributed by atoms with E-state index in [1.807, 2.05) is 18.7 Å². The van der Waals surface area contributed by atoms with Gasteiger partial charge in [0, 0.05) is 31.2 Å². The molecule has 1 N–H and O–H groups in total. The highest BCUT2D eigenvalue weighted by molar-refractivity contribution is 6.01. The Morgan fingerprint density at radius 3 is 2.15 bits per heavy atom. The van der Waals surface area contributed by atoms with Crippen molar-refractivity contribution in [3.63, 3.8) is 0 Å². The molecule has 0 saturated carbocycles. The van der Waals surface area contributed by atoms with E-state index in [-0.39, 0.29) is 24.0 Å². The molecule has 1 heterocycles. The summed E-state index contributed by atoms with van der Waals surface area (Å²) in [6, 6.07) is 18.2. The Bertz CT molecular complexity index is 1440. The number of likely N-dealkylation sites (tertiary alicyclic amines) is 1. The van der Waals surface area contributed by atoms with Gasteiger partial charge in [-0.1, -0.05) is 76.2 Å². The molecule has 2 amide bonds. The molecule has 1 fully saturated rings. The van der Waals surface area contributed by atoms with Crippen LogP contribution in [0.3, 0.4) is 0 Å². The van der Waals surface area contributed by atoms with Gasteiger partial charge in [0.2, 0.25) is 0 Å². The van der Waals surface area contributed by atoms with Crippen molar-refractivity contribution in [2.75, 3.05) is 37.7 Å². The second-order valence-corrected chi connectivity index (χ2v) is 12.7. The molecule has 47 heavy (non-hydrogen) atoms. The Hall–Kier alpha value is -3.85. The van der Waals surface area contributed by atoms with Crippen LogP contribution < -0.4 is 10.2 Å². The normalized spacial score (nSPS) is 14.3. The van der Waals surface area contributed by atoms with Crippen LogP contribution in [-0.2, 0) is 23.8 Å². The van der Waals surface area contributed by atoms with E-state index in [0.717, 1.165) is 87.1 Å². The number of rotatable bonds is 13. The topological polar surface area (TPSA) is 61.9 Å². The van der Waals surface area contributed by atoms with Crippen LogP contribution in [0.5, 0.6) is 0 Å². The highest BCUT2D eigenvalue weighted by Crippen LogP contribution is 2.32. The lowest BCUT2D eigenvalue weighted by molar-refractivity contribution is -0.137. The van der Waals surface area contributed by atoms with Crippen LogP contribution in [0.2, 0.25) is 0 Å². The van der Waals surface area contributed by atoms with Crippen LogP contribution in [0, 0.1) is 5.92 Å². The number of nitrogens with one attached hydrogen (secondary N) is 1. The Labute approximate surface area is 277 Å². The number of alkyl halides is 3. The van der Waals surface area contributed by atoms with Gasteiger partial charge in [-0.3, -0.25) is 9.69 Å². The maximum Gasteiger partial charge on any atom is 0.416 e. The molecule has 1 aliphatic heterocycles. The van der Waals surface area contributed by atoms with Crippen molar-refractivity contribution >= 4 is 17.7 Å². The van der Waals surface area contributed by atoms with Gasteiger partial charge in [0.25, 0.3) is 5.91 Å². The van der Waals surface area contributed by atoms with Crippen molar-refractivity contribution in [3.8, 4) is 11.1 Å². The Morgan fingerprint density at radius 2 is 1.55 bits per heavy atom. The van der Waals surface area contributed by atoms with Gasteiger partial charge in [0.05, 0.1) is 17.9 Å². The van der Waals surface area contributed by atoms with Gasteiger partial charge < -0.3 is 15.0 Å². The lowest BCUT2D eigenvalue weighted by Crippen LogP contribution is -2.45. The van der Waals surface area contributed by atoms with Crippen molar-refractivity contribution in [1.82, 2.24) is 10.2 Å². The quantitative estimate of drug-likeness (QED) is 0.188. The Morgan fingerprint density at radius 1 is 0.915 bits per heavy atom. The molecule has 9 heteroatoms. The molecule has 3 aromatic rings. The number of ether oxygens (including phenoxy) is 1. The maximum atomic E-state index is 13.3. The predicted molar refractivity (Wildman–Crippen MR) is 182 cm³/mol. The number of piperidine rings is 1. The Kier molecular flexibility index (Phi) is 12.9. The van der Waals surface area contributed by atoms with Crippen LogP contribution in [0.25, 0.3) is 11.1 Å². The number of hydrogen-bond donors (Lipinski definition) is 1. The molecule has 0 atom stereocenters. The van der Waals surface area contributed by atoms with Gasteiger partial charge in [-0.25, -0.2) is 4.79 Å². The number of carbonyl (C=O) groups is 2. The fourth-order valence-electron chi connectivity index (χ4n) is 6.11. The summed E-state index contributed by atoms with van der Waals surface area (Å²) in [5, 5.41) is 3.15. The molecule has 1 saturated heterocycles. The SMILES string of the molecule is CCc1cccc(CC)c1N(CCCCN1CCC(NC(=O)c2ccccc2-c2ccc(C(F)(F)F)cc2)CC1)C(=O)OCC(C)C. The second kappa shape index (κ2) is 16.8. The number of carbonyl (C=O) groups excluding carboxylic acids is 2. The summed E-state index contributed by atoms with van der Waals surface area (Å²) in [4.78, 5) is 30.8. The number of hydrogen-bond acceptors (Lipinski definition) is 4. The van der Waals surface area contributed by atoms with E-state index in [9.17, 15) is 22.8 Å². The third-order valence-electron chi connectivity index (χ3n) is 8.72. The van der Waals surface area contributed by atoms with Gasteiger partial charge >= 0.3 is 12.3 Å². The summed E-state index contributed by atoms with van der Waals surface area (Å²) < 4.78 is 44.8. The zero-order valence-corrected chi connectivity index (χ0v) is 28.0. The van der Waals surface area contributed by atoms with Crippen molar-refractivity contribution in [3.05, 3.63) is 89.0 Å². The fraction of sp³-hybridized carbons (Fsp3) is 0.474. The predicted octanol–water partition coefficient (Wildman–Crippen LogP) is 8.77. The maximum absolute atomic E-state index is 13.3. The number of nitrogens with zero attached hydrogens (tertiary/aromatic N) is 2. The number of aryl methyl sites for hydroxylation is 2. The molecule has 6 nitrogen and oxygen atoms in total. The first-order chi connectivity index (χ1) is 22.5. The van der Waals surface area contributed by atoms with E-state index in [1.54, 1.807) is 24.3 Å². The van der Waals surface area contributed by atoms with Crippen LogP contribution in [0.1, 0.15) is 80.4 Å². The van der Waals surface area contributed by atoms with Gasteiger partial charge in [-0.05, 0) is 91.4 Å². The van der Waals surface area contributed by atoms with E-state index in [2.05, 4.69) is 42.3 Å². The number of anilines is 1. The minimum Gasteiger partial charge on any atom is -0.449 e. The zero-order chi connectivity index (χ0) is 34.0. The zero-order valence-electron chi connectivity index (χ0n) is 28.0. The minimum absolute atomic E-state index is 0.0173. The van der Waals surface area contributed by atoms with Crippen molar-refractivity contribution in [1.29, 1.82) is 0 Å². The number of para-hydroxylation sites is 1. The van der Waals surface area contributed by atoms with Gasteiger partial charge in [-0.2, -0.15) is 13.2 Å². The molecule has 4 rings (SSSR count). The summed E-state index contributed by atoms with van der Waals surface area (Å²) in [5.74, 6) is 0.0385. The first kappa shape index (κ1) is 36.0. The molecule has 0 unspecified atom stereocenters. The number of benzene rings is 3. The van der Waals surface area contributed by atoms with Gasteiger partial charge in [0.15, 0.2) is 0 Å². The number of halogens is 3. The number of amides is 2. The summed E-state index contributed by atoms with van der Waals surface area (Å²) in [6.45, 7) is 11.9. The standard InChI is InChI=1S/C38H48F3N3O3/c1-5-28-12-11-13-29(6-2)35(28)44(37(46)47-26-27(3)4)23-10-9-22-43-24-20-32(21-25-43)42-36(45)34-15-8-7-14-33(34)30-16-18-31(19-17-30)38(39,40)41/h7-8,11-19,27,32H,5-6,9-10,20-26H2,1-4H3,(H,42,45). The van der Waals surface area contributed by atoms with Gasteiger partial charge in [-0.15, -0.1) is 0 Å². The largest absolute Gasteiger partial charge is 0.449 e. The highest BCUT2D eigenvalue weighted by Gasteiger charge is 2.30. The van der Waals surface area contributed by atoms with E-state index in [1.165, 1.54) is 12.1 Å². The lowest BCUT2D eigenvalue weighted by Gasteiger charge is -2.33. The fourth-order valence-corrected chi connectivity index (χ4v) is 6.11. The summed E-state index contributed by atoms with van der Waals surface area (Å²) in [5.41, 5.74) is 4.18. The van der Waals surface area contributed by atoms with Crippen LogP contribution in [0.15, 0.2) is 66.7 Å². The highest BCUT2D eigenvalue weighted by atomic mass is 19.4. The van der Waals surface area contributed by atoms with E-state index in [0.29, 0.717) is 29.8 Å². The molecule has 1 aliphatic rings. The molecule has 0 spiro atoms.